The van der Waals surface area contributed by atoms with Crippen molar-refractivity contribution in [2.75, 3.05) is 12.9 Å². The molecule has 86 valence electrons. The van der Waals surface area contributed by atoms with Crippen LogP contribution < -0.4 is 10.5 Å². The number of ether oxygens (including phenoxy) is 1. The molecule has 0 amide bonds. The third-order valence-electron chi connectivity index (χ3n) is 3.22. The number of methoxy groups -OCH3 is 1. The molecule has 4 nitrogen and oxygen atoms in total. The van der Waals surface area contributed by atoms with E-state index in [1.807, 2.05) is 11.8 Å². The van der Waals surface area contributed by atoms with Gasteiger partial charge in [0, 0.05) is 11.3 Å². The van der Waals surface area contributed by atoms with E-state index in [9.17, 15) is 0 Å². The Balaban J connectivity index is 2.09. The van der Waals surface area contributed by atoms with Crippen LogP contribution in [0.3, 0.4) is 0 Å². The van der Waals surface area contributed by atoms with E-state index >= 15 is 0 Å². The van der Waals surface area contributed by atoms with E-state index in [-0.39, 0.29) is 5.54 Å². The van der Waals surface area contributed by atoms with Gasteiger partial charge in [-0.3, -0.25) is 0 Å². The Hall–Kier alpha value is -0.810. The first-order valence-electron chi connectivity index (χ1n) is 5.54. The molecule has 5 heteroatoms. The monoisotopic (exact) mass is 237 g/mol. The summed E-state index contributed by atoms with van der Waals surface area (Å²) in [6.07, 6.45) is 2.98. The highest BCUT2D eigenvalue weighted by atomic mass is 32.2. The van der Waals surface area contributed by atoms with Gasteiger partial charge in [-0.2, -0.15) is 16.7 Å². The molecule has 0 unspecified atom stereocenters. The van der Waals surface area contributed by atoms with Gasteiger partial charge in [0.25, 0.3) is 0 Å². The molecule has 1 saturated carbocycles. The Kier molecular flexibility index (Phi) is 2.33. The summed E-state index contributed by atoms with van der Waals surface area (Å²) in [5.41, 5.74) is 8.16. The number of rotatable bonds is 2. The van der Waals surface area contributed by atoms with Crippen LogP contribution in [-0.4, -0.2) is 22.8 Å². The summed E-state index contributed by atoms with van der Waals surface area (Å²) in [5.74, 6) is 3.58. The van der Waals surface area contributed by atoms with Gasteiger partial charge in [0.2, 0.25) is 5.88 Å². The van der Waals surface area contributed by atoms with E-state index in [0.717, 1.165) is 48.2 Å². The van der Waals surface area contributed by atoms with Crippen LogP contribution in [-0.2, 0) is 17.7 Å². The van der Waals surface area contributed by atoms with Crippen molar-refractivity contribution in [2.45, 2.75) is 30.6 Å². The fourth-order valence-electron chi connectivity index (χ4n) is 1.97. The lowest BCUT2D eigenvalue weighted by Crippen LogP contribution is -2.24. The highest BCUT2D eigenvalue weighted by Gasteiger charge is 2.44. The lowest BCUT2D eigenvalue weighted by Gasteiger charge is -2.19. The van der Waals surface area contributed by atoms with Gasteiger partial charge >= 0.3 is 0 Å². The van der Waals surface area contributed by atoms with Crippen molar-refractivity contribution in [2.24, 2.45) is 5.73 Å². The normalized spacial score (nSPS) is 21.4. The maximum absolute atomic E-state index is 6.14. The lowest BCUT2D eigenvalue weighted by molar-refractivity contribution is 0.386. The summed E-state index contributed by atoms with van der Waals surface area (Å²) in [4.78, 5) is 9.09. The molecule has 2 aliphatic rings. The molecular formula is C11H15N3OS. The number of thioether (sulfide) groups is 1. The van der Waals surface area contributed by atoms with Crippen molar-refractivity contribution in [1.82, 2.24) is 9.97 Å². The van der Waals surface area contributed by atoms with Crippen LogP contribution in [0.4, 0.5) is 0 Å². The second-order valence-corrected chi connectivity index (χ2v) is 5.55. The van der Waals surface area contributed by atoms with Crippen LogP contribution in [0.25, 0.3) is 0 Å². The number of hydrogen-bond acceptors (Lipinski definition) is 5. The summed E-state index contributed by atoms with van der Waals surface area (Å²) >= 11 is 1.91. The molecule has 0 saturated heterocycles. The molecule has 0 spiro atoms. The summed E-state index contributed by atoms with van der Waals surface area (Å²) in [5, 5.41) is 0. The molecule has 0 aromatic carbocycles. The quantitative estimate of drug-likeness (QED) is 0.838. The minimum Gasteiger partial charge on any atom is -0.481 e. The van der Waals surface area contributed by atoms with Crippen LogP contribution >= 0.6 is 11.8 Å². The van der Waals surface area contributed by atoms with E-state index in [1.54, 1.807) is 7.11 Å². The first-order valence-corrected chi connectivity index (χ1v) is 6.69. The second-order valence-electron chi connectivity index (χ2n) is 4.44. The van der Waals surface area contributed by atoms with Crippen LogP contribution in [0, 0.1) is 0 Å². The molecule has 1 aromatic rings. The van der Waals surface area contributed by atoms with Crippen molar-refractivity contribution in [1.29, 1.82) is 0 Å². The summed E-state index contributed by atoms with van der Waals surface area (Å²) in [6, 6.07) is 0. The van der Waals surface area contributed by atoms with Crippen molar-refractivity contribution in [3.05, 3.63) is 17.1 Å². The Bertz CT molecular complexity index is 414. The molecule has 2 heterocycles. The van der Waals surface area contributed by atoms with E-state index in [1.165, 1.54) is 5.56 Å². The standard InChI is InChI=1S/C11H15N3OS/c1-15-9-7-2-5-16-6-8(7)13-10(14-9)11(12)3-4-11/h2-6,12H2,1H3. The topological polar surface area (TPSA) is 61.0 Å². The van der Waals surface area contributed by atoms with Crippen LogP contribution in [0.15, 0.2) is 0 Å². The first kappa shape index (κ1) is 10.4. The van der Waals surface area contributed by atoms with Gasteiger partial charge in [0.15, 0.2) is 5.82 Å². The van der Waals surface area contributed by atoms with E-state index in [4.69, 9.17) is 10.5 Å². The van der Waals surface area contributed by atoms with Gasteiger partial charge in [-0.1, -0.05) is 0 Å². The predicted octanol–water partition coefficient (Wildman–Crippen LogP) is 1.22. The van der Waals surface area contributed by atoms with Gasteiger partial charge in [0.1, 0.15) is 0 Å². The van der Waals surface area contributed by atoms with Crippen molar-refractivity contribution >= 4 is 11.8 Å². The summed E-state index contributed by atoms with van der Waals surface area (Å²) in [7, 11) is 1.67. The second kappa shape index (κ2) is 3.60. The molecule has 1 fully saturated rings. The lowest BCUT2D eigenvalue weighted by atomic mass is 10.1. The fourth-order valence-corrected chi connectivity index (χ4v) is 2.90. The van der Waals surface area contributed by atoms with E-state index < -0.39 is 0 Å². The van der Waals surface area contributed by atoms with Crippen molar-refractivity contribution < 1.29 is 4.74 Å². The summed E-state index contributed by atoms with van der Waals surface area (Å²) < 4.78 is 5.36. The first-order chi connectivity index (χ1) is 7.73. The smallest absolute Gasteiger partial charge is 0.220 e. The van der Waals surface area contributed by atoms with Crippen LogP contribution in [0.5, 0.6) is 5.88 Å². The van der Waals surface area contributed by atoms with Gasteiger partial charge in [-0.05, 0) is 25.0 Å². The average molecular weight is 237 g/mol. The largest absolute Gasteiger partial charge is 0.481 e. The molecule has 1 aliphatic heterocycles. The maximum Gasteiger partial charge on any atom is 0.220 e. The van der Waals surface area contributed by atoms with Crippen LogP contribution in [0.1, 0.15) is 29.9 Å². The summed E-state index contributed by atoms with van der Waals surface area (Å²) in [6.45, 7) is 0. The Morgan fingerprint density at radius 3 is 2.88 bits per heavy atom. The molecule has 0 atom stereocenters. The Labute approximate surface area is 99.0 Å². The third-order valence-corrected chi connectivity index (χ3v) is 4.19. The number of aromatic nitrogens is 2. The molecular weight excluding hydrogens is 222 g/mol. The molecule has 3 rings (SSSR count). The van der Waals surface area contributed by atoms with Crippen molar-refractivity contribution in [3.8, 4) is 5.88 Å². The predicted molar refractivity (Wildman–Crippen MR) is 63.5 cm³/mol. The number of hydrogen-bond donors (Lipinski definition) is 1. The van der Waals surface area contributed by atoms with Crippen LogP contribution in [0.2, 0.25) is 0 Å². The fraction of sp³-hybridized carbons (Fsp3) is 0.636. The molecule has 0 radical (unpaired) electrons. The van der Waals surface area contributed by atoms with Gasteiger partial charge in [-0.25, -0.2) is 4.98 Å². The third kappa shape index (κ3) is 1.58. The number of fused-ring (bicyclic) bond motifs is 1. The minimum atomic E-state index is -0.273. The number of nitrogens with zero attached hydrogens (tertiary/aromatic N) is 2. The van der Waals surface area contributed by atoms with Gasteiger partial charge in [0.05, 0.1) is 18.3 Å². The zero-order chi connectivity index (χ0) is 11.2. The SMILES string of the molecule is COc1nc(C2(N)CC2)nc2c1CCSC2. The molecule has 1 aromatic heterocycles. The molecule has 2 N–H and O–H groups in total. The zero-order valence-corrected chi connectivity index (χ0v) is 10.1. The minimum absolute atomic E-state index is 0.273. The zero-order valence-electron chi connectivity index (χ0n) is 9.32. The highest BCUT2D eigenvalue weighted by Crippen LogP contribution is 2.42. The molecule has 16 heavy (non-hydrogen) atoms. The highest BCUT2D eigenvalue weighted by molar-refractivity contribution is 7.98. The van der Waals surface area contributed by atoms with Crippen molar-refractivity contribution in [3.63, 3.8) is 0 Å². The Morgan fingerprint density at radius 2 is 2.19 bits per heavy atom. The molecule has 0 bridgehead atoms. The molecule has 1 aliphatic carbocycles. The number of nitrogens with two attached hydrogens (primary N) is 1. The van der Waals surface area contributed by atoms with Gasteiger partial charge < -0.3 is 10.5 Å². The van der Waals surface area contributed by atoms with E-state index in [2.05, 4.69) is 9.97 Å². The van der Waals surface area contributed by atoms with E-state index in [0.29, 0.717) is 0 Å². The average Bonchev–Trinajstić information content (AvgIpc) is 3.07. The maximum atomic E-state index is 6.14. The Morgan fingerprint density at radius 1 is 1.38 bits per heavy atom. The van der Waals surface area contributed by atoms with Gasteiger partial charge in [-0.15, -0.1) is 0 Å².